The van der Waals surface area contributed by atoms with Crippen molar-refractivity contribution in [1.82, 2.24) is 4.98 Å². The van der Waals surface area contributed by atoms with E-state index in [-0.39, 0.29) is 5.56 Å². The van der Waals surface area contributed by atoms with Gasteiger partial charge in [0.05, 0.1) is 11.4 Å². The van der Waals surface area contributed by atoms with Crippen LogP contribution in [0.1, 0.15) is 47.6 Å². The Morgan fingerprint density at radius 2 is 2.09 bits per heavy atom. The van der Waals surface area contributed by atoms with Gasteiger partial charge in [-0.25, -0.2) is 4.79 Å². The predicted octanol–water partition coefficient (Wildman–Crippen LogP) is 3.49. The number of hydrogen-bond acceptors (Lipinski definition) is 4. The Kier molecular flexibility index (Phi) is 5.32. The second kappa shape index (κ2) is 7.22. The third-order valence-electron chi connectivity index (χ3n) is 3.65. The Morgan fingerprint density at radius 3 is 2.70 bits per heavy atom. The Bertz CT molecular complexity index is 763. The third kappa shape index (κ3) is 4.28. The van der Waals surface area contributed by atoms with Gasteiger partial charge >= 0.3 is 5.63 Å². The standard InChI is InChI=1S/C18H22N2O3/c1-11(2)7-8-14-10-12(3)16(18(22)23-14)17(21)20-15-6-5-9-19-13(15)4/h5-6,9-11H,7-8H2,1-4H3,(H,20,21). The number of hydrogen-bond donors (Lipinski definition) is 1. The fraction of sp³-hybridized carbons (Fsp3) is 0.389. The van der Waals surface area contributed by atoms with Gasteiger partial charge in [0.2, 0.25) is 0 Å². The number of aromatic nitrogens is 1. The average molecular weight is 314 g/mol. The first-order valence-corrected chi connectivity index (χ1v) is 7.75. The van der Waals surface area contributed by atoms with E-state index in [0.717, 1.165) is 6.42 Å². The van der Waals surface area contributed by atoms with Crippen LogP contribution in [0.2, 0.25) is 0 Å². The zero-order chi connectivity index (χ0) is 17.0. The van der Waals surface area contributed by atoms with Crippen molar-refractivity contribution in [3.8, 4) is 0 Å². The number of anilines is 1. The molecule has 0 saturated heterocycles. The summed E-state index contributed by atoms with van der Waals surface area (Å²) < 4.78 is 5.30. The van der Waals surface area contributed by atoms with Crippen LogP contribution in [0, 0.1) is 19.8 Å². The van der Waals surface area contributed by atoms with E-state index in [4.69, 9.17) is 4.42 Å². The first-order valence-electron chi connectivity index (χ1n) is 7.75. The first-order chi connectivity index (χ1) is 10.9. The second-order valence-corrected chi connectivity index (χ2v) is 6.08. The quantitative estimate of drug-likeness (QED) is 0.917. The molecule has 0 aliphatic rings. The molecule has 2 rings (SSSR count). The van der Waals surface area contributed by atoms with E-state index in [1.807, 2.05) is 0 Å². The highest BCUT2D eigenvalue weighted by Gasteiger charge is 2.18. The number of nitrogens with one attached hydrogen (secondary N) is 1. The molecule has 122 valence electrons. The summed E-state index contributed by atoms with van der Waals surface area (Å²) in [6.07, 6.45) is 3.27. The molecule has 0 aliphatic carbocycles. The number of carbonyl (C=O) groups excluding carboxylic acids is 1. The van der Waals surface area contributed by atoms with Gasteiger partial charge in [-0.05, 0) is 49.9 Å². The van der Waals surface area contributed by atoms with E-state index in [2.05, 4.69) is 24.1 Å². The highest BCUT2D eigenvalue weighted by molar-refractivity contribution is 6.05. The van der Waals surface area contributed by atoms with E-state index < -0.39 is 11.5 Å². The van der Waals surface area contributed by atoms with Crippen molar-refractivity contribution in [2.75, 3.05) is 5.32 Å². The lowest BCUT2D eigenvalue weighted by Crippen LogP contribution is -2.23. The molecule has 0 aromatic carbocycles. The van der Waals surface area contributed by atoms with E-state index in [0.29, 0.717) is 35.0 Å². The smallest absolute Gasteiger partial charge is 0.349 e. The summed E-state index contributed by atoms with van der Waals surface area (Å²) in [6, 6.07) is 5.25. The molecule has 5 heteroatoms. The van der Waals surface area contributed by atoms with Crippen LogP contribution < -0.4 is 10.9 Å². The van der Waals surface area contributed by atoms with Crippen LogP contribution >= 0.6 is 0 Å². The van der Waals surface area contributed by atoms with Crippen molar-refractivity contribution in [2.24, 2.45) is 5.92 Å². The topological polar surface area (TPSA) is 72.2 Å². The summed E-state index contributed by atoms with van der Waals surface area (Å²) in [5.41, 5.74) is 1.35. The van der Waals surface area contributed by atoms with Crippen LogP contribution in [0.3, 0.4) is 0 Å². The maximum Gasteiger partial charge on any atom is 0.349 e. The molecule has 0 spiro atoms. The zero-order valence-corrected chi connectivity index (χ0v) is 14.0. The molecular weight excluding hydrogens is 292 g/mol. The van der Waals surface area contributed by atoms with Crippen LogP contribution in [0.5, 0.6) is 0 Å². The highest BCUT2D eigenvalue weighted by Crippen LogP contribution is 2.15. The lowest BCUT2D eigenvalue weighted by molar-refractivity contribution is 0.102. The van der Waals surface area contributed by atoms with E-state index >= 15 is 0 Å². The maximum atomic E-state index is 12.4. The van der Waals surface area contributed by atoms with E-state index in [1.54, 1.807) is 38.2 Å². The van der Waals surface area contributed by atoms with Crippen LogP contribution in [0.4, 0.5) is 5.69 Å². The Balaban J connectivity index is 2.24. The van der Waals surface area contributed by atoms with Crippen molar-refractivity contribution < 1.29 is 9.21 Å². The molecule has 23 heavy (non-hydrogen) atoms. The Hall–Kier alpha value is -2.43. The van der Waals surface area contributed by atoms with Gasteiger partial charge in [0.15, 0.2) is 0 Å². The summed E-state index contributed by atoms with van der Waals surface area (Å²) in [7, 11) is 0. The van der Waals surface area contributed by atoms with Gasteiger partial charge in [0.25, 0.3) is 5.91 Å². The average Bonchev–Trinajstić information content (AvgIpc) is 2.47. The molecule has 0 radical (unpaired) electrons. The number of amides is 1. The fourth-order valence-electron chi connectivity index (χ4n) is 2.30. The lowest BCUT2D eigenvalue weighted by Gasteiger charge is -2.10. The number of nitrogens with zero attached hydrogens (tertiary/aromatic N) is 1. The molecule has 0 atom stereocenters. The number of rotatable bonds is 5. The summed E-state index contributed by atoms with van der Waals surface area (Å²) in [6.45, 7) is 7.77. The minimum Gasteiger partial charge on any atom is -0.427 e. The largest absolute Gasteiger partial charge is 0.427 e. The monoisotopic (exact) mass is 314 g/mol. The number of pyridine rings is 1. The van der Waals surface area contributed by atoms with Gasteiger partial charge in [-0.1, -0.05) is 13.8 Å². The van der Waals surface area contributed by atoms with Gasteiger partial charge in [0.1, 0.15) is 11.3 Å². The van der Waals surface area contributed by atoms with E-state index in [9.17, 15) is 9.59 Å². The van der Waals surface area contributed by atoms with Crippen LogP contribution in [-0.4, -0.2) is 10.9 Å². The van der Waals surface area contributed by atoms with Crippen molar-refractivity contribution in [2.45, 2.75) is 40.5 Å². The molecule has 0 unspecified atom stereocenters. The molecule has 2 aromatic rings. The Labute approximate surface area is 135 Å². The molecule has 2 aromatic heterocycles. The van der Waals surface area contributed by atoms with Crippen LogP contribution in [0.25, 0.3) is 0 Å². The van der Waals surface area contributed by atoms with Crippen LogP contribution in [0.15, 0.2) is 33.6 Å². The van der Waals surface area contributed by atoms with Gasteiger partial charge in [-0.2, -0.15) is 0 Å². The maximum absolute atomic E-state index is 12.4. The summed E-state index contributed by atoms with van der Waals surface area (Å²) in [5, 5.41) is 2.72. The SMILES string of the molecule is Cc1cc(CCC(C)C)oc(=O)c1C(=O)Nc1cccnc1C. The van der Waals surface area contributed by atoms with Crippen molar-refractivity contribution >= 4 is 11.6 Å². The number of aryl methyl sites for hydroxylation is 3. The molecule has 0 fully saturated rings. The summed E-state index contributed by atoms with van der Waals surface area (Å²) >= 11 is 0. The zero-order valence-electron chi connectivity index (χ0n) is 14.0. The molecule has 1 amide bonds. The van der Waals surface area contributed by atoms with Gasteiger partial charge in [0, 0.05) is 12.6 Å². The van der Waals surface area contributed by atoms with E-state index in [1.165, 1.54) is 0 Å². The molecule has 1 N–H and O–H groups in total. The molecular formula is C18H22N2O3. The third-order valence-corrected chi connectivity index (χ3v) is 3.65. The highest BCUT2D eigenvalue weighted by atomic mass is 16.4. The molecule has 0 aliphatic heterocycles. The molecule has 2 heterocycles. The minimum absolute atomic E-state index is 0.0431. The van der Waals surface area contributed by atoms with Gasteiger partial charge in [-0.3, -0.25) is 9.78 Å². The minimum atomic E-state index is -0.595. The summed E-state index contributed by atoms with van der Waals surface area (Å²) in [5.74, 6) is 0.676. The normalized spacial score (nSPS) is 10.8. The molecule has 0 bridgehead atoms. The first kappa shape index (κ1) is 16.9. The molecule has 5 nitrogen and oxygen atoms in total. The lowest BCUT2D eigenvalue weighted by atomic mass is 10.0. The van der Waals surface area contributed by atoms with Crippen molar-refractivity contribution in [1.29, 1.82) is 0 Å². The van der Waals surface area contributed by atoms with Gasteiger partial charge in [-0.15, -0.1) is 0 Å². The fourth-order valence-corrected chi connectivity index (χ4v) is 2.30. The van der Waals surface area contributed by atoms with Crippen molar-refractivity contribution in [3.05, 3.63) is 57.4 Å². The van der Waals surface area contributed by atoms with Gasteiger partial charge < -0.3 is 9.73 Å². The second-order valence-electron chi connectivity index (χ2n) is 6.08. The Morgan fingerprint density at radius 1 is 1.35 bits per heavy atom. The molecule has 0 saturated carbocycles. The predicted molar refractivity (Wildman–Crippen MR) is 89.8 cm³/mol. The number of carbonyl (C=O) groups is 1. The van der Waals surface area contributed by atoms with Crippen molar-refractivity contribution in [3.63, 3.8) is 0 Å². The summed E-state index contributed by atoms with van der Waals surface area (Å²) in [4.78, 5) is 28.7. The van der Waals surface area contributed by atoms with Crippen LogP contribution in [-0.2, 0) is 6.42 Å².